The molecule has 0 aromatic rings. The molecule has 0 saturated heterocycles. The maximum absolute atomic E-state index is 14.0. The van der Waals surface area contributed by atoms with Gasteiger partial charge in [0.1, 0.15) is 11.9 Å². The maximum Gasteiger partial charge on any atom is 0.338 e. The van der Waals surface area contributed by atoms with E-state index in [0.29, 0.717) is 40.9 Å². The number of carbonyl (C=O) groups is 2. The van der Waals surface area contributed by atoms with Crippen LogP contribution >= 0.6 is 0 Å². The Balaban J connectivity index is 1.25. The second-order valence-electron chi connectivity index (χ2n) is 18.9. The number of allylic oxidation sites excluding steroid dienone is 5. The molecular weight excluding hydrogens is 633 g/mol. The van der Waals surface area contributed by atoms with Crippen molar-refractivity contribution in [2.75, 3.05) is 0 Å². The first-order valence-electron chi connectivity index (χ1n) is 20.2. The monoisotopic (exact) mass is 699 g/mol. The Morgan fingerprint density at radius 2 is 1.53 bits per heavy atom. The van der Waals surface area contributed by atoms with Crippen molar-refractivity contribution in [2.45, 2.75) is 136 Å². The van der Waals surface area contributed by atoms with Crippen molar-refractivity contribution < 1.29 is 19.1 Å². The molecule has 0 spiro atoms. The van der Waals surface area contributed by atoms with Crippen LogP contribution in [0.5, 0.6) is 0 Å². The van der Waals surface area contributed by atoms with Crippen LogP contribution in [0.25, 0.3) is 0 Å². The summed E-state index contributed by atoms with van der Waals surface area (Å²) in [4.78, 5) is 27.8. The van der Waals surface area contributed by atoms with E-state index in [-0.39, 0.29) is 35.3 Å². The number of fused-ring (bicyclic) bond motifs is 5. The van der Waals surface area contributed by atoms with Crippen molar-refractivity contribution in [1.29, 1.82) is 0 Å². The SMILES string of the molecule is CC(C)CCCC(C)C1CCC2C3CC(OC(=O)C4=CC=CC(C)(N)C=C4)C4CC(C(=O)OC5=CC(C)(N)C=CC=C5)CCC4(C)C3CCC12C. The van der Waals surface area contributed by atoms with E-state index in [1.165, 1.54) is 44.9 Å². The predicted octanol–water partition coefficient (Wildman–Crippen LogP) is 9.29. The number of ether oxygens (including phenoxy) is 2. The zero-order valence-corrected chi connectivity index (χ0v) is 32.5. The van der Waals surface area contributed by atoms with E-state index in [0.717, 1.165) is 37.0 Å². The molecule has 6 rings (SSSR count). The van der Waals surface area contributed by atoms with Gasteiger partial charge in [0.15, 0.2) is 0 Å². The van der Waals surface area contributed by atoms with E-state index in [1.807, 2.05) is 74.6 Å². The Labute approximate surface area is 308 Å². The molecular formula is C45H66N2O4. The van der Waals surface area contributed by atoms with Crippen LogP contribution in [-0.4, -0.2) is 29.1 Å². The van der Waals surface area contributed by atoms with E-state index in [9.17, 15) is 9.59 Å². The molecule has 51 heavy (non-hydrogen) atoms. The van der Waals surface area contributed by atoms with E-state index < -0.39 is 11.1 Å². The van der Waals surface area contributed by atoms with Gasteiger partial charge in [-0.15, -0.1) is 0 Å². The summed E-state index contributed by atoms with van der Waals surface area (Å²) in [6, 6.07) is 0. The van der Waals surface area contributed by atoms with E-state index in [4.69, 9.17) is 20.9 Å². The smallest absolute Gasteiger partial charge is 0.338 e. The van der Waals surface area contributed by atoms with Gasteiger partial charge in [0.2, 0.25) is 0 Å². The van der Waals surface area contributed by atoms with E-state index in [1.54, 1.807) is 0 Å². The Morgan fingerprint density at radius 1 is 0.804 bits per heavy atom. The molecule has 0 radical (unpaired) electrons. The van der Waals surface area contributed by atoms with E-state index in [2.05, 4.69) is 34.6 Å². The largest absolute Gasteiger partial charge is 0.458 e. The van der Waals surface area contributed by atoms with Gasteiger partial charge in [0.05, 0.1) is 22.6 Å². The molecule has 4 saturated carbocycles. The first kappa shape index (κ1) is 38.0. The summed E-state index contributed by atoms with van der Waals surface area (Å²) in [5.74, 6) is 3.78. The summed E-state index contributed by atoms with van der Waals surface area (Å²) >= 11 is 0. The average Bonchev–Trinajstić information content (AvgIpc) is 3.16. The number of rotatable bonds is 9. The Morgan fingerprint density at radius 3 is 2.29 bits per heavy atom. The minimum atomic E-state index is -0.694. The fourth-order valence-corrected chi connectivity index (χ4v) is 11.8. The molecule has 0 bridgehead atoms. The fourth-order valence-electron chi connectivity index (χ4n) is 11.8. The standard InChI is InChI=1S/C45H66N2O4/c1-29(2)12-10-13-30(3)35-16-17-36-34-27-39(51-40(48)31-14-11-22-42(4,46)23-18-31)38-26-32(19-24-45(38,7)37(34)20-25-44(35,36)6)41(49)50-33-15-8-9-21-43(5,47)28-33/h8-9,11,14-15,18,21-23,28-30,32,34-39H,10,12-13,16-17,19-20,24-27,46-47H2,1-7H3. The van der Waals surface area contributed by atoms with Crippen LogP contribution in [0, 0.1) is 58.2 Å². The van der Waals surface area contributed by atoms with Crippen LogP contribution < -0.4 is 11.5 Å². The second-order valence-corrected chi connectivity index (χ2v) is 18.9. The van der Waals surface area contributed by atoms with Crippen LogP contribution in [0.2, 0.25) is 0 Å². The lowest BCUT2D eigenvalue weighted by molar-refractivity contribution is -0.190. The zero-order chi connectivity index (χ0) is 36.8. The van der Waals surface area contributed by atoms with Crippen molar-refractivity contribution in [1.82, 2.24) is 0 Å². The van der Waals surface area contributed by atoms with Crippen LogP contribution in [0.1, 0.15) is 119 Å². The Kier molecular flexibility index (Phi) is 10.9. The third-order valence-electron chi connectivity index (χ3n) is 14.5. The minimum Gasteiger partial charge on any atom is -0.458 e. The first-order valence-corrected chi connectivity index (χ1v) is 20.2. The Bertz CT molecular complexity index is 1510. The van der Waals surface area contributed by atoms with Crippen molar-refractivity contribution >= 4 is 11.9 Å². The molecule has 12 atom stereocenters. The fraction of sp³-hybridized carbons (Fsp3) is 0.689. The van der Waals surface area contributed by atoms with Gasteiger partial charge in [0, 0.05) is 5.92 Å². The normalized spacial score (nSPS) is 42.1. The molecule has 0 amide bonds. The van der Waals surface area contributed by atoms with Crippen LogP contribution in [0.15, 0.2) is 72.1 Å². The lowest BCUT2D eigenvalue weighted by Crippen LogP contribution is -2.59. The number of hydrogen-bond donors (Lipinski definition) is 2. The van der Waals surface area contributed by atoms with Gasteiger partial charge in [-0.3, -0.25) is 4.79 Å². The predicted molar refractivity (Wildman–Crippen MR) is 206 cm³/mol. The molecule has 6 nitrogen and oxygen atoms in total. The molecule has 6 heteroatoms. The molecule has 4 N–H and O–H groups in total. The molecule has 4 fully saturated rings. The molecule has 0 aromatic carbocycles. The molecule has 0 aliphatic heterocycles. The third-order valence-corrected chi connectivity index (χ3v) is 14.5. The van der Waals surface area contributed by atoms with E-state index >= 15 is 0 Å². The summed E-state index contributed by atoms with van der Waals surface area (Å²) in [5.41, 5.74) is 12.2. The highest BCUT2D eigenvalue weighted by Crippen LogP contribution is 2.69. The topological polar surface area (TPSA) is 105 Å². The number of hydrogen-bond acceptors (Lipinski definition) is 6. The van der Waals surface area contributed by atoms with Crippen LogP contribution in [0.3, 0.4) is 0 Å². The molecule has 280 valence electrons. The molecule has 6 aliphatic rings. The lowest BCUT2D eigenvalue weighted by atomic mass is 9.43. The van der Waals surface area contributed by atoms with Gasteiger partial charge in [-0.25, -0.2) is 4.79 Å². The van der Waals surface area contributed by atoms with Gasteiger partial charge in [0.25, 0.3) is 0 Å². The van der Waals surface area contributed by atoms with Crippen molar-refractivity contribution in [3.05, 3.63) is 72.1 Å². The average molecular weight is 699 g/mol. The van der Waals surface area contributed by atoms with Crippen molar-refractivity contribution in [3.8, 4) is 0 Å². The van der Waals surface area contributed by atoms with Gasteiger partial charge >= 0.3 is 11.9 Å². The second kappa shape index (κ2) is 14.6. The summed E-state index contributed by atoms with van der Waals surface area (Å²) in [6.07, 6.45) is 30.6. The molecule has 0 aromatic heterocycles. The third kappa shape index (κ3) is 7.98. The van der Waals surface area contributed by atoms with Gasteiger partial charge in [-0.05, 0) is 136 Å². The van der Waals surface area contributed by atoms with Gasteiger partial charge in [-0.1, -0.05) is 90.3 Å². The van der Waals surface area contributed by atoms with Crippen LogP contribution in [-0.2, 0) is 19.1 Å². The highest BCUT2D eigenvalue weighted by atomic mass is 16.5. The van der Waals surface area contributed by atoms with Crippen molar-refractivity contribution in [3.63, 3.8) is 0 Å². The summed E-state index contributed by atoms with van der Waals surface area (Å²) < 4.78 is 12.7. The molecule has 6 aliphatic carbocycles. The van der Waals surface area contributed by atoms with Crippen LogP contribution in [0.4, 0.5) is 0 Å². The minimum absolute atomic E-state index is 0.0163. The lowest BCUT2D eigenvalue weighted by Gasteiger charge is -2.62. The molecule has 12 unspecified atom stereocenters. The highest BCUT2D eigenvalue weighted by Gasteiger charge is 2.63. The number of carbonyl (C=O) groups excluding carboxylic acids is 2. The summed E-state index contributed by atoms with van der Waals surface area (Å²) in [5, 5.41) is 0. The quantitative estimate of drug-likeness (QED) is 0.233. The highest BCUT2D eigenvalue weighted by molar-refractivity contribution is 5.92. The van der Waals surface area contributed by atoms with Crippen molar-refractivity contribution in [2.24, 2.45) is 69.6 Å². The summed E-state index contributed by atoms with van der Waals surface area (Å²) in [6.45, 7) is 16.1. The first-order chi connectivity index (χ1) is 24.0. The number of esters is 2. The number of nitrogens with two attached hydrogens (primary N) is 2. The maximum atomic E-state index is 14.0. The molecule has 0 heterocycles. The van der Waals surface area contributed by atoms with Gasteiger partial charge in [-0.2, -0.15) is 0 Å². The Hall–Kier alpha value is -2.70. The van der Waals surface area contributed by atoms with Gasteiger partial charge < -0.3 is 20.9 Å². The zero-order valence-electron chi connectivity index (χ0n) is 32.5. The summed E-state index contributed by atoms with van der Waals surface area (Å²) in [7, 11) is 0.